The number of benzene rings is 1. The Morgan fingerprint density at radius 2 is 2.28 bits per heavy atom. The number of ether oxygens (including phenoxy) is 1. The SMILES string of the molecule is COc1ccc(Br)cc1Cn1cnc(CCN)c1. The molecule has 0 saturated carbocycles. The zero-order valence-corrected chi connectivity index (χ0v) is 11.9. The molecule has 5 heteroatoms. The first-order valence-electron chi connectivity index (χ1n) is 5.76. The molecule has 2 aromatic rings. The number of methoxy groups -OCH3 is 1. The number of nitrogens with zero attached hydrogens (tertiary/aromatic N) is 2. The highest BCUT2D eigenvalue weighted by atomic mass is 79.9. The number of halogens is 1. The number of hydrogen-bond acceptors (Lipinski definition) is 3. The van der Waals surface area contributed by atoms with Crippen LogP contribution in [0.15, 0.2) is 35.2 Å². The van der Waals surface area contributed by atoms with Crippen molar-refractivity contribution >= 4 is 15.9 Å². The van der Waals surface area contributed by atoms with Crippen molar-refractivity contribution in [3.8, 4) is 5.75 Å². The predicted octanol–water partition coefficient (Wildman–Crippen LogP) is 2.20. The lowest BCUT2D eigenvalue weighted by molar-refractivity contribution is 0.408. The van der Waals surface area contributed by atoms with Gasteiger partial charge in [0.1, 0.15) is 5.75 Å². The van der Waals surface area contributed by atoms with Gasteiger partial charge in [-0.3, -0.25) is 0 Å². The molecule has 1 heterocycles. The molecule has 2 N–H and O–H groups in total. The van der Waals surface area contributed by atoms with Gasteiger partial charge in [0, 0.05) is 22.7 Å². The molecule has 96 valence electrons. The molecule has 0 aliphatic carbocycles. The van der Waals surface area contributed by atoms with Crippen molar-refractivity contribution in [2.75, 3.05) is 13.7 Å². The zero-order valence-electron chi connectivity index (χ0n) is 10.3. The molecule has 0 aliphatic heterocycles. The number of imidazole rings is 1. The molecule has 1 aromatic carbocycles. The third-order valence-electron chi connectivity index (χ3n) is 2.68. The molecule has 0 bridgehead atoms. The van der Waals surface area contributed by atoms with E-state index in [2.05, 4.69) is 27.0 Å². The smallest absolute Gasteiger partial charge is 0.123 e. The van der Waals surface area contributed by atoms with Crippen LogP contribution in [0.5, 0.6) is 5.75 Å². The summed E-state index contributed by atoms with van der Waals surface area (Å²) in [4.78, 5) is 4.31. The Bertz CT molecular complexity index is 525. The first kappa shape index (κ1) is 13.1. The van der Waals surface area contributed by atoms with E-state index in [0.29, 0.717) is 6.54 Å². The van der Waals surface area contributed by atoms with E-state index in [1.54, 1.807) is 7.11 Å². The van der Waals surface area contributed by atoms with Crippen LogP contribution in [0.4, 0.5) is 0 Å². The minimum atomic E-state index is 0.622. The average molecular weight is 310 g/mol. The topological polar surface area (TPSA) is 53.1 Å². The van der Waals surface area contributed by atoms with Crippen molar-refractivity contribution in [2.24, 2.45) is 5.73 Å². The lowest BCUT2D eigenvalue weighted by Crippen LogP contribution is -2.03. The Kier molecular flexibility index (Phi) is 4.38. The minimum Gasteiger partial charge on any atom is -0.496 e. The van der Waals surface area contributed by atoms with Crippen LogP contribution in [0, 0.1) is 0 Å². The van der Waals surface area contributed by atoms with Crippen molar-refractivity contribution in [2.45, 2.75) is 13.0 Å². The molecule has 0 fully saturated rings. The van der Waals surface area contributed by atoms with Gasteiger partial charge in [0.05, 0.1) is 25.7 Å². The van der Waals surface area contributed by atoms with Gasteiger partial charge in [-0.05, 0) is 24.7 Å². The molecule has 2 rings (SSSR count). The fourth-order valence-electron chi connectivity index (χ4n) is 1.84. The lowest BCUT2D eigenvalue weighted by Gasteiger charge is -2.09. The second-order valence-corrected chi connectivity index (χ2v) is 4.95. The maximum absolute atomic E-state index is 5.51. The molecule has 4 nitrogen and oxygen atoms in total. The monoisotopic (exact) mass is 309 g/mol. The van der Waals surface area contributed by atoms with Gasteiger partial charge in [-0.1, -0.05) is 15.9 Å². The van der Waals surface area contributed by atoms with E-state index in [4.69, 9.17) is 10.5 Å². The summed E-state index contributed by atoms with van der Waals surface area (Å²) in [5.41, 5.74) is 7.65. The zero-order chi connectivity index (χ0) is 13.0. The van der Waals surface area contributed by atoms with E-state index >= 15 is 0 Å². The molecule has 0 radical (unpaired) electrons. The van der Waals surface area contributed by atoms with Gasteiger partial charge in [0.2, 0.25) is 0 Å². The highest BCUT2D eigenvalue weighted by Gasteiger charge is 2.05. The van der Waals surface area contributed by atoms with Crippen LogP contribution in [-0.2, 0) is 13.0 Å². The van der Waals surface area contributed by atoms with Gasteiger partial charge in [-0.2, -0.15) is 0 Å². The van der Waals surface area contributed by atoms with Crippen molar-refractivity contribution < 1.29 is 4.74 Å². The summed E-state index contributed by atoms with van der Waals surface area (Å²) in [6.45, 7) is 1.36. The van der Waals surface area contributed by atoms with E-state index < -0.39 is 0 Å². The van der Waals surface area contributed by atoms with E-state index in [-0.39, 0.29) is 0 Å². The van der Waals surface area contributed by atoms with Crippen LogP contribution < -0.4 is 10.5 Å². The minimum absolute atomic E-state index is 0.622. The van der Waals surface area contributed by atoms with Crippen LogP contribution in [0.1, 0.15) is 11.3 Å². The fraction of sp³-hybridized carbons (Fsp3) is 0.308. The van der Waals surface area contributed by atoms with Crippen molar-refractivity contribution in [1.29, 1.82) is 0 Å². The summed E-state index contributed by atoms with van der Waals surface area (Å²) in [5, 5.41) is 0. The molecule has 0 aliphatic rings. The number of nitrogens with two attached hydrogens (primary N) is 1. The van der Waals surface area contributed by atoms with Crippen LogP contribution in [0.3, 0.4) is 0 Å². The molecule has 0 spiro atoms. The van der Waals surface area contributed by atoms with E-state index in [9.17, 15) is 0 Å². The van der Waals surface area contributed by atoms with Crippen LogP contribution in [0.2, 0.25) is 0 Å². The summed E-state index contributed by atoms with van der Waals surface area (Å²) in [6.07, 6.45) is 4.65. The second kappa shape index (κ2) is 6.02. The Hall–Kier alpha value is -1.33. The molecule has 0 unspecified atom stereocenters. The Balaban J connectivity index is 2.19. The third kappa shape index (κ3) is 3.11. The second-order valence-electron chi connectivity index (χ2n) is 4.03. The van der Waals surface area contributed by atoms with Gasteiger partial charge in [-0.15, -0.1) is 0 Å². The van der Waals surface area contributed by atoms with Gasteiger partial charge in [0.15, 0.2) is 0 Å². The standard InChI is InChI=1S/C13H16BrN3O/c1-18-13-3-2-11(14)6-10(13)7-17-8-12(4-5-15)16-9-17/h2-3,6,8-9H,4-5,7,15H2,1H3. The Morgan fingerprint density at radius 3 is 3.00 bits per heavy atom. The molecular formula is C13H16BrN3O. The first-order chi connectivity index (χ1) is 8.72. The molecular weight excluding hydrogens is 294 g/mol. The maximum atomic E-state index is 5.51. The number of rotatable bonds is 5. The first-order valence-corrected chi connectivity index (χ1v) is 6.55. The van der Waals surface area contributed by atoms with Crippen molar-refractivity contribution in [3.05, 3.63) is 46.5 Å². The molecule has 18 heavy (non-hydrogen) atoms. The highest BCUT2D eigenvalue weighted by molar-refractivity contribution is 9.10. The van der Waals surface area contributed by atoms with Gasteiger partial charge < -0.3 is 15.0 Å². The largest absolute Gasteiger partial charge is 0.496 e. The number of hydrogen-bond donors (Lipinski definition) is 1. The normalized spacial score (nSPS) is 10.6. The van der Waals surface area contributed by atoms with E-state index in [0.717, 1.165) is 34.4 Å². The lowest BCUT2D eigenvalue weighted by atomic mass is 10.2. The summed E-state index contributed by atoms with van der Waals surface area (Å²) >= 11 is 3.47. The van der Waals surface area contributed by atoms with Crippen molar-refractivity contribution in [1.82, 2.24) is 9.55 Å². The molecule has 1 aromatic heterocycles. The summed E-state index contributed by atoms with van der Waals surface area (Å²) in [6, 6.07) is 5.98. The van der Waals surface area contributed by atoms with E-state index in [1.165, 1.54) is 0 Å². The molecule has 0 amide bonds. The highest BCUT2D eigenvalue weighted by Crippen LogP contribution is 2.23. The fourth-order valence-corrected chi connectivity index (χ4v) is 2.25. The molecule has 0 saturated heterocycles. The Morgan fingerprint density at radius 1 is 1.44 bits per heavy atom. The van der Waals surface area contributed by atoms with Gasteiger partial charge in [0.25, 0.3) is 0 Å². The van der Waals surface area contributed by atoms with Gasteiger partial charge >= 0.3 is 0 Å². The summed E-state index contributed by atoms with van der Waals surface area (Å²) in [7, 11) is 1.68. The van der Waals surface area contributed by atoms with Crippen LogP contribution >= 0.6 is 15.9 Å². The quantitative estimate of drug-likeness (QED) is 0.921. The predicted molar refractivity (Wildman–Crippen MR) is 74.8 cm³/mol. The van der Waals surface area contributed by atoms with Crippen molar-refractivity contribution in [3.63, 3.8) is 0 Å². The van der Waals surface area contributed by atoms with E-state index in [1.807, 2.05) is 29.2 Å². The Labute approximate surface area is 115 Å². The average Bonchev–Trinajstić information content (AvgIpc) is 2.77. The van der Waals surface area contributed by atoms with Crippen LogP contribution in [-0.4, -0.2) is 23.2 Å². The van der Waals surface area contributed by atoms with Gasteiger partial charge in [-0.25, -0.2) is 4.98 Å². The summed E-state index contributed by atoms with van der Waals surface area (Å²) in [5.74, 6) is 0.882. The third-order valence-corrected chi connectivity index (χ3v) is 3.18. The van der Waals surface area contributed by atoms with Crippen LogP contribution in [0.25, 0.3) is 0 Å². The molecule has 0 atom stereocenters. The summed E-state index contributed by atoms with van der Waals surface area (Å²) < 4.78 is 8.43. The maximum Gasteiger partial charge on any atom is 0.123 e. The number of aromatic nitrogens is 2.